The van der Waals surface area contributed by atoms with Gasteiger partial charge in [-0.3, -0.25) is 0 Å². The van der Waals surface area contributed by atoms with E-state index in [9.17, 15) is 14.7 Å². The molecule has 0 spiro atoms. The molecule has 7 heteroatoms. The number of aliphatic hydroxyl groups excluding tert-OH is 1. The average molecular weight is 291 g/mol. The molecule has 112 valence electrons. The lowest BCUT2D eigenvalue weighted by atomic mass is 10.1. The van der Waals surface area contributed by atoms with E-state index in [0.717, 1.165) is 5.56 Å². The zero-order valence-electron chi connectivity index (χ0n) is 11.8. The number of rotatable bonds is 5. The summed E-state index contributed by atoms with van der Waals surface area (Å²) in [6, 6.07) is 6.77. The fourth-order valence-corrected chi connectivity index (χ4v) is 1.72. The van der Waals surface area contributed by atoms with Gasteiger partial charge in [0.15, 0.2) is 6.04 Å². The van der Waals surface area contributed by atoms with E-state index in [1.165, 1.54) is 18.9 Å². The number of aliphatic carboxylic acids is 1. The monoisotopic (exact) mass is 291 g/mol. The molecule has 2 atom stereocenters. The van der Waals surface area contributed by atoms with Crippen molar-refractivity contribution in [2.45, 2.75) is 25.6 Å². The summed E-state index contributed by atoms with van der Waals surface area (Å²) in [5, 5.41) is 29.3. The minimum atomic E-state index is -1.37. The van der Waals surface area contributed by atoms with E-state index in [-0.39, 0.29) is 6.54 Å². The predicted molar refractivity (Wildman–Crippen MR) is 74.3 cm³/mol. The molecule has 0 aliphatic carbocycles. The molecule has 1 aromatic carbocycles. The summed E-state index contributed by atoms with van der Waals surface area (Å²) in [7, 11) is 1.50. The van der Waals surface area contributed by atoms with Gasteiger partial charge in [0, 0.05) is 13.6 Å². The first-order valence-corrected chi connectivity index (χ1v) is 6.26. The molecule has 0 unspecified atom stereocenters. The van der Waals surface area contributed by atoms with E-state index in [0.29, 0.717) is 5.56 Å². The molecule has 2 amide bonds. The van der Waals surface area contributed by atoms with Gasteiger partial charge in [-0.1, -0.05) is 12.1 Å². The molecule has 0 radical (unpaired) electrons. The number of nitrogens with zero attached hydrogens (tertiary/aromatic N) is 2. The fourth-order valence-electron chi connectivity index (χ4n) is 1.72. The number of carboxylic acid groups (broad SMARTS) is 1. The van der Waals surface area contributed by atoms with Crippen LogP contribution in [0.15, 0.2) is 24.3 Å². The average Bonchev–Trinajstić information content (AvgIpc) is 2.43. The van der Waals surface area contributed by atoms with Crippen molar-refractivity contribution in [2.24, 2.45) is 0 Å². The van der Waals surface area contributed by atoms with Gasteiger partial charge in [0.05, 0.1) is 17.7 Å². The maximum absolute atomic E-state index is 11.9. The highest BCUT2D eigenvalue weighted by Crippen LogP contribution is 2.07. The second-order valence-electron chi connectivity index (χ2n) is 4.67. The van der Waals surface area contributed by atoms with E-state index in [4.69, 9.17) is 10.4 Å². The van der Waals surface area contributed by atoms with Crippen LogP contribution in [0.2, 0.25) is 0 Å². The minimum absolute atomic E-state index is 0.216. The number of nitrogens with one attached hydrogen (secondary N) is 1. The summed E-state index contributed by atoms with van der Waals surface area (Å²) in [6.07, 6.45) is -1.21. The van der Waals surface area contributed by atoms with Gasteiger partial charge in [0.2, 0.25) is 0 Å². The zero-order chi connectivity index (χ0) is 16.0. The van der Waals surface area contributed by atoms with Gasteiger partial charge in [-0.15, -0.1) is 0 Å². The number of carboxylic acids is 1. The number of nitriles is 1. The Morgan fingerprint density at radius 3 is 2.67 bits per heavy atom. The van der Waals surface area contributed by atoms with Gasteiger partial charge in [-0.25, -0.2) is 9.59 Å². The van der Waals surface area contributed by atoms with Crippen molar-refractivity contribution < 1.29 is 19.8 Å². The van der Waals surface area contributed by atoms with E-state index in [1.807, 2.05) is 6.07 Å². The summed E-state index contributed by atoms with van der Waals surface area (Å²) in [5.41, 5.74) is 1.23. The molecule has 1 rings (SSSR count). The lowest BCUT2D eigenvalue weighted by Gasteiger charge is -2.22. The maximum Gasteiger partial charge on any atom is 0.328 e. The standard InChI is InChI=1S/C14H17N3O4/c1-9(18)12(13(19)20)16-14(21)17(2)8-11-5-3-4-10(6-11)7-15/h3-6,9,12,18H,8H2,1-2H3,(H,16,21)(H,19,20)/t9-,12+/m1/s1. The lowest BCUT2D eigenvalue weighted by molar-refractivity contribution is -0.141. The minimum Gasteiger partial charge on any atom is -0.480 e. The lowest BCUT2D eigenvalue weighted by Crippen LogP contribution is -2.51. The molecule has 0 aliphatic rings. The van der Waals surface area contributed by atoms with Crippen LogP contribution in [0.1, 0.15) is 18.1 Å². The molecule has 0 saturated carbocycles. The normalized spacial score (nSPS) is 12.9. The Hall–Kier alpha value is -2.59. The second kappa shape index (κ2) is 7.26. The molecular formula is C14H17N3O4. The molecule has 0 aromatic heterocycles. The van der Waals surface area contributed by atoms with Crippen molar-refractivity contribution in [3.8, 4) is 6.07 Å². The van der Waals surface area contributed by atoms with Crippen LogP contribution in [0.5, 0.6) is 0 Å². The molecule has 1 aromatic rings. The van der Waals surface area contributed by atoms with Crippen LogP contribution in [0.25, 0.3) is 0 Å². The Bertz CT molecular complexity index is 566. The first kappa shape index (κ1) is 16.5. The Morgan fingerprint density at radius 2 is 2.14 bits per heavy atom. The van der Waals surface area contributed by atoms with Crippen LogP contribution in [-0.4, -0.2) is 46.3 Å². The first-order chi connectivity index (χ1) is 9.85. The van der Waals surface area contributed by atoms with Gasteiger partial charge in [0.1, 0.15) is 0 Å². The summed E-state index contributed by atoms with van der Waals surface area (Å²) in [4.78, 5) is 24.1. The summed E-state index contributed by atoms with van der Waals surface area (Å²) < 4.78 is 0. The van der Waals surface area contributed by atoms with E-state index < -0.39 is 24.1 Å². The van der Waals surface area contributed by atoms with Crippen molar-refractivity contribution in [3.05, 3.63) is 35.4 Å². The van der Waals surface area contributed by atoms with E-state index in [2.05, 4.69) is 5.32 Å². The molecule has 21 heavy (non-hydrogen) atoms. The number of hydrogen-bond donors (Lipinski definition) is 3. The first-order valence-electron chi connectivity index (χ1n) is 6.26. The third-order valence-electron chi connectivity index (χ3n) is 2.85. The van der Waals surface area contributed by atoms with E-state index in [1.54, 1.807) is 24.3 Å². The zero-order valence-corrected chi connectivity index (χ0v) is 11.8. The number of carbonyl (C=O) groups is 2. The van der Waals surface area contributed by atoms with E-state index >= 15 is 0 Å². The topological polar surface area (TPSA) is 114 Å². The maximum atomic E-state index is 11.9. The highest BCUT2D eigenvalue weighted by molar-refractivity contribution is 5.82. The van der Waals surface area contributed by atoms with Crippen molar-refractivity contribution >= 4 is 12.0 Å². The Kier molecular flexibility index (Phi) is 5.69. The quantitative estimate of drug-likeness (QED) is 0.732. The summed E-state index contributed by atoms with van der Waals surface area (Å²) in [6.45, 7) is 1.50. The number of carbonyl (C=O) groups excluding carboxylic acids is 1. The van der Waals surface area contributed by atoms with Gasteiger partial charge in [-0.05, 0) is 24.6 Å². The third-order valence-corrected chi connectivity index (χ3v) is 2.85. The number of hydrogen-bond acceptors (Lipinski definition) is 4. The van der Waals surface area contributed by atoms with Gasteiger partial charge >= 0.3 is 12.0 Å². The molecule has 7 nitrogen and oxygen atoms in total. The number of amides is 2. The molecule has 0 fully saturated rings. The number of aliphatic hydroxyl groups is 1. The van der Waals surface area contributed by atoms with Crippen LogP contribution in [-0.2, 0) is 11.3 Å². The van der Waals surface area contributed by atoms with Crippen molar-refractivity contribution in [2.75, 3.05) is 7.05 Å². The van der Waals surface area contributed by atoms with Crippen LogP contribution >= 0.6 is 0 Å². The van der Waals surface area contributed by atoms with Crippen molar-refractivity contribution in [1.29, 1.82) is 5.26 Å². The van der Waals surface area contributed by atoms with Crippen LogP contribution < -0.4 is 5.32 Å². The Morgan fingerprint density at radius 1 is 1.48 bits per heavy atom. The largest absolute Gasteiger partial charge is 0.480 e. The summed E-state index contributed by atoms with van der Waals surface area (Å²) >= 11 is 0. The van der Waals surface area contributed by atoms with Crippen molar-refractivity contribution in [1.82, 2.24) is 10.2 Å². The summed E-state index contributed by atoms with van der Waals surface area (Å²) in [5.74, 6) is -1.31. The van der Waals surface area contributed by atoms with Gasteiger partial charge in [-0.2, -0.15) is 5.26 Å². The van der Waals surface area contributed by atoms with Crippen LogP contribution in [0.4, 0.5) is 4.79 Å². The Balaban J connectivity index is 2.70. The molecule has 3 N–H and O–H groups in total. The highest BCUT2D eigenvalue weighted by Gasteiger charge is 2.26. The smallest absolute Gasteiger partial charge is 0.328 e. The highest BCUT2D eigenvalue weighted by atomic mass is 16.4. The fraction of sp³-hybridized carbons (Fsp3) is 0.357. The van der Waals surface area contributed by atoms with Crippen LogP contribution in [0.3, 0.4) is 0 Å². The number of benzene rings is 1. The SMILES string of the molecule is C[C@@H](O)[C@H](NC(=O)N(C)Cc1cccc(C#N)c1)C(=O)O. The second-order valence-corrected chi connectivity index (χ2v) is 4.67. The van der Waals surface area contributed by atoms with Gasteiger partial charge in [0.25, 0.3) is 0 Å². The Labute approximate surface area is 122 Å². The molecular weight excluding hydrogens is 274 g/mol. The molecule has 0 bridgehead atoms. The predicted octanol–water partition coefficient (Wildman–Crippen LogP) is 0.534. The third kappa shape index (κ3) is 4.78. The molecule has 0 saturated heterocycles. The van der Waals surface area contributed by atoms with Crippen LogP contribution in [0, 0.1) is 11.3 Å². The molecule has 0 heterocycles. The molecule has 0 aliphatic heterocycles. The number of urea groups is 1. The van der Waals surface area contributed by atoms with Crippen molar-refractivity contribution in [3.63, 3.8) is 0 Å². The van der Waals surface area contributed by atoms with Gasteiger partial charge < -0.3 is 20.4 Å².